The van der Waals surface area contributed by atoms with E-state index in [2.05, 4.69) is 15.0 Å². The van der Waals surface area contributed by atoms with Gasteiger partial charge >= 0.3 is 0 Å². The quantitative estimate of drug-likeness (QED) is 0.908. The average molecular weight is 258 g/mol. The molecular weight excluding hydrogens is 240 g/mol. The van der Waals surface area contributed by atoms with Gasteiger partial charge in [-0.05, 0) is 32.4 Å². The number of aryl methyl sites for hydroxylation is 1. The molecule has 2 rings (SSSR count). The predicted octanol–water partition coefficient (Wildman–Crippen LogP) is 2.02. The molecule has 0 fully saturated rings. The van der Waals surface area contributed by atoms with Crippen LogP contribution in [0, 0.1) is 6.92 Å². The lowest BCUT2D eigenvalue weighted by atomic mass is 10.1. The number of hydrogen-bond donors (Lipinski definition) is 1. The second-order valence-electron chi connectivity index (χ2n) is 4.68. The monoisotopic (exact) mass is 258 g/mol. The van der Waals surface area contributed by atoms with E-state index in [-0.39, 0.29) is 12.1 Å². The van der Waals surface area contributed by atoms with Gasteiger partial charge in [-0.2, -0.15) is 0 Å². The van der Waals surface area contributed by atoms with E-state index in [1.807, 2.05) is 26.8 Å². The lowest BCUT2D eigenvalue weighted by molar-refractivity contribution is 0.241. The summed E-state index contributed by atoms with van der Waals surface area (Å²) in [4.78, 5) is 12.6. The maximum atomic E-state index is 6.17. The zero-order valence-corrected chi connectivity index (χ0v) is 11.4. The Morgan fingerprint density at radius 1 is 1.11 bits per heavy atom. The van der Waals surface area contributed by atoms with Crippen molar-refractivity contribution < 1.29 is 4.74 Å². The molecule has 5 nitrogen and oxygen atoms in total. The molecule has 2 aromatic rings. The second-order valence-corrected chi connectivity index (χ2v) is 4.68. The van der Waals surface area contributed by atoms with Crippen molar-refractivity contribution in [2.75, 3.05) is 0 Å². The molecule has 2 N–H and O–H groups in total. The predicted molar refractivity (Wildman–Crippen MR) is 72.8 cm³/mol. The van der Waals surface area contributed by atoms with Crippen LogP contribution in [0.2, 0.25) is 0 Å². The minimum atomic E-state index is -0.351. The summed E-state index contributed by atoms with van der Waals surface area (Å²) in [6, 6.07) is 1.54. The van der Waals surface area contributed by atoms with Gasteiger partial charge in [-0.3, -0.25) is 15.0 Å². The first kappa shape index (κ1) is 13.4. The summed E-state index contributed by atoms with van der Waals surface area (Å²) < 4.78 is 5.61. The summed E-state index contributed by atoms with van der Waals surface area (Å²) >= 11 is 0. The molecule has 0 aromatic carbocycles. The molecule has 1 atom stereocenters. The van der Waals surface area contributed by atoms with Crippen molar-refractivity contribution in [2.45, 2.75) is 32.9 Å². The highest BCUT2D eigenvalue weighted by Crippen LogP contribution is 2.21. The molecule has 5 heteroatoms. The molecule has 2 aromatic heterocycles. The number of rotatable bonds is 4. The van der Waals surface area contributed by atoms with Crippen molar-refractivity contribution in [1.82, 2.24) is 15.0 Å². The number of ether oxygens (including phenoxy) is 1. The van der Waals surface area contributed by atoms with Gasteiger partial charge < -0.3 is 10.5 Å². The van der Waals surface area contributed by atoms with Gasteiger partial charge in [-0.25, -0.2) is 0 Å². The number of nitrogens with zero attached hydrogens (tertiary/aromatic N) is 3. The molecule has 0 aliphatic rings. The van der Waals surface area contributed by atoms with Crippen LogP contribution in [0.3, 0.4) is 0 Å². The third-order valence-corrected chi connectivity index (χ3v) is 2.58. The van der Waals surface area contributed by atoms with Crippen molar-refractivity contribution in [1.29, 1.82) is 0 Å². The Kier molecular flexibility index (Phi) is 4.06. The Balaban J connectivity index is 2.23. The Hall–Kier alpha value is -2.01. The second kappa shape index (κ2) is 5.75. The van der Waals surface area contributed by atoms with Crippen LogP contribution in [0.25, 0.3) is 0 Å². The fourth-order valence-corrected chi connectivity index (χ4v) is 1.68. The minimum absolute atomic E-state index is 0.104. The highest BCUT2D eigenvalue weighted by atomic mass is 16.5. The maximum Gasteiger partial charge on any atom is 0.138 e. The third-order valence-electron chi connectivity index (χ3n) is 2.58. The molecule has 0 radical (unpaired) electrons. The normalized spacial score (nSPS) is 12.5. The van der Waals surface area contributed by atoms with Crippen LogP contribution in [0.15, 0.2) is 30.9 Å². The van der Waals surface area contributed by atoms with Crippen LogP contribution in [0.1, 0.15) is 36.8 Å². The van der Waals surface area contributed by atoms with Gasteiger partial charge in [0.15, 0.2) is 0 Å². The van der Waals surface area contributed by atoms with Crippen molar-refractivity contribution in [3.8, 4) is 5.75 Å². The fraction of sp³-hybridized carbons (Fsp3) is 0.357. The first-order valence-electron chi connectivity index (χ1n) is 6.22. The smallest absolute Gasteiger partial charge is 0.138 e. The van der Waals surface area contributed by atoms with E-state index in [4.69, 9.17) is 10.5 Å². The van der Waals surface area contributed by atoms with Crippen LogP contribution in [0.5, 0.6) is 5.75 Å². The first-order chi connectivity index (χ1) is 9.06. The number of hydrogen-bond acceptors (Lipinski definition) is 5. The Morgan fingerprint density at radius 2 is 1.89 bits per heavy atom. The van der Waals surface area contributed by atoms with Gasteiger partial charge in [0.1, 0.15) is 5.75 Å². The third kappa shape index (κ3) is 3.48. The Labute approximate surface area is 112 Å². The van der Waals surface area contributed by atoms with Gasteiger partial charge in [-0.1, -0.05) is 0 Å². The van der Waals surface area contributed by atoms with E-state index >= 15 is 0 Å². The lowest BCUT2D eigenvalue weighted by Gasteiger charge is -2.14. The Bertz CT molecular complexity index is 539. The largest absolute Gasteiger partial charge is 0.489 e. The molecule has 0 spiro atoms. The summed E-state index contributed by atoms with van der Waals surface area (Å²) in [5, 5.41) is 0. The topological polar surface area (TPSA) is 73.9 Å². The zero-order valence-electron chi connectivity index (χ0n) is 11.4. The van der Waals surface area contributed by atoms with E-state index in [1.54, 1.807) is 24.8 Å². The van der Waals surface area contributed by atoms with Crippen molar-refractivity contribution in [2.24, 2.45) is 5.73 Å². The number of nitrogens with two attached hydrogens (primary N) is 1. The summed E-state index contributed by atoms with van der Waals surface area (Å²) in [5.74, 6) is 0.711. The Morgan fingerprint density at radius 3 is 2.53 bits per heavy atom. The molecule has 1 unspecified atom stereocenters. The lowest BCUT2D eigenvalue weighted by Crippen LogP contribution is -2.15. The van der Waals surface area contributed by atoms with Gasteiger partial charge in [0.25, 0.3) is 0 Å². The molecular formula is C14H18N4O. The fourth-order valence-electron chi connectivity index (χ4n) is 1.68. The molecule has 100 valence electrons. The minimum Gasteiger partial charge on any atom is -0.489 e. The highest BCUT2D eigenvalue weighted by molar-refractivity contribution is 5.30. The first-order valence-corrected chi connectivity index (χ1v) is 6.22. The standard InChI is InChI=1S/C14H18N4O/c1-9(2)19-12-4-11(6-16-7-12)14(15)13-8-17-10(3)5-18-13/h4-9,14H,15H2,1-3H3. The summed E-state index contributed by atoms with van der Waals surface area (Å²) in [5.41, 5.74) is 8.61. The van der Waals surface area contributed by atoms with E-state index in [1.165, 1.54) is 0 Å². The summed E-state index contributed by atoms with van der Waals surface area (Å²) in [6.07, 6.45) is 6.90. The van der Waals surface area contributed by atoms with Crippen molar-refractivity contribution in [3.05, 3.63) is 47.8 Å². The average Bonchev–Trinajstić information content (AvgIpc) is 2.38. The number of pyridine rings is 1. The number of aromatic nitrogens is 3. The molecule has 0 aliphatic carbocycles. The molecule has 0 aliphatic heterocycles. The van der Waals surface area contributed by atoms with E-state index in [0.717, 1.165) is 11.3 Å². The molecule has 19 heavy (non-hydrogen) atoms. The van der Waals surface area contributed by atoms with Gasteiger partial charge in [0.2, 0.25) is 0 Å². The highest BCUT2D eigenvalue weighted by Gasteiger charge is 2.12. The van der Waals surface area contributed by atoms with Crippen LogP contribution in [0.4, 0.5) is 0 Å². The SMILES string of the molecule is Cc1cnc(C(N)c2cncc(OC(C)C)c2)cn1. The van der Waals surface area contributed by atoms with Crippen LogP contribution >= 0.6 is 0 Å². The van der Waals surface area contributed by atoms with Crippen molar-refractivity contribution >= 4 is 0 Å². The molecule has 0 saturated heterocycles. The zero-order chi connectivity index (χ0) is 13.8. The molecule has 2 heterocycles. The van der Waals surface area contributed by atoms with Crippen molar-refractivity contribution in [3.63, 3.8) is 0 Å². The molecule has 0 bridgehead atoms. The van der Waals surface area contributed by atoms with Crippen LogP contribution in [-0.4, -0.2) is 21.1 Å². The van der Waals surface area contributed by atoms with Gasteiger partial charge in [0, 0.05) is 12.4 Å². The van der Waals surface area contributed by atoms with E-state index < -0.39 is 0 Å². The van der Waals surface area contributed by atoms with Gasteiger partial charge in [-0.15, -0.1) is 0 Å². The molecule has 0 amide bonds. The van der Waals surface area contributed by atoms with E-state index in [0.29, 0.717) is 11.4 Å². The van der Waals surface area contributed by atoms with Gasteiger partial charge in [0.05, 0.1) is 35.9 Å². The maximum absolute atomic E-state index is 6.17. The molecule has 0 saturated carbocycles. The van der Waals surface area contributed by atoms with Crippen LogP contribution in [-0.2, 0) is 0 Å². The summed E-state index contributed by atoms with van der Waals surface area (Å²) in [7, 11) is 0. The van der Waals surface area contributed by atoms with Crippen LogP contribution < -0.4 is 10.5 Å². The summed E-state index contributed by atoms with van der Waals surface area (Å²) in [6.45, 7) is 5.83. The van der Waals surface area contributed by atoms with E-state index in [9.17, 15) is 0 Å².